The first-order chi connectivity index (χ1) is 12.2. The summed E-state index contributed by atoms with van der Waals surface area (Å²) in [5.41, 5.74) is 0. The van der Waals surface area contributed by atoms with Crippen LogP contribution >= 0.6 is 12.6 Å². The number of carbonyl (C=O) groups is 1. The molecule has 0 aliphatic heterocycles. The summed E-state index contributed by atoms with van der Waals surface area (Å²) in [4.78, 5) is 11.7. The van der Waals surface area contributed by atoms with Crippen LogP contribution in [0.4, 0.5) is 0 Å². The van der Waals surface area contributed by atoms with E-state index < -0.39 is 0 Å². The molecule has 0 rings (SSSR count). The molecular weight excluding hydrogens is 324 g/mol. The Morgan fingerprint density at radius 2 is 0.840 bits per heavy atom. The molecule has 0 spiro atoms. The third-order valence-corrected chi connectivity index (χ3v) is 5.78. The van der Waals surface area contributed by atoms with Gasteiger partial charge in [-0.1, -0.05) is 123 Å². The van der Waals surface area contributed by atoms with Gasteiger partial charge in [-0.25, -0.2) is 0 Å². The summed E-state index contributed by atoms with van der Waals surface area (Å²) in [5, 5.41) is 0.127. The van der Waals surface area contributed by atoms with Gasteiger partial charge in [-0.05, 0) is 12.8 Å². The van der Waals surface area contributed by atoms with E-state index in [1.54, 1.807) is 0 Å². The molecule has 0 saturated carbocycles. The molecule has 0 radical (unpaired) electrons. The van der Waals surface area contributed by atoms with Crippen LogP contribution in [0.2, 0.25) is 0 Å². The standard InChI is InChI=1S/C23H46OS/c1-3-5-7-9-11-12-13-15-17-19-21-22(23(24)25)20-18-16-14-10-8-6-4-2/h22H,3-21H2,1-2H3,(H,24,25). The van der Waals surface area contributed by atoms with Gasteiger partial charge in [0.25, 0.3) is 0 Å². The van der Waals surface area contributed by atoms with E-state index in [1.165, 1.54) is 109 Å². The van der Waals surface area contributed by atoms with E-state index in [1.807, 2.05) is 0 Å². The highest BCUT2D eigenvalue weighted by Crippen LogP contribution is 2.21. The zero-order valence-electron chi connectivity index (χ0n) is 17.4. The molecule has 1 atom stereocenters. The van der Waals surface area contributed by atoms with Gasteiger partial charge in [0.2, 0.25) is 0 Å². The predicted molar refractivity (Wildman–Crippen MR) is 117 cm³/mol. The smallest absolute Gasteiger partial charge is 0.188 e. The Kier molecular flexibility index (Phi) is 20.3. The highest BCUT2D eigenvalue weighted by Gasteiger charge is 2.14. The number of carbonyl (C=O) groups excluding carboxylic acids is 1. The molecule has 0 aromatic carbocycles. The summed E-state index contributed by atoms with van der Waals surface area (Å²) in [7, 11) is 0. The lowest BCUT2D eigenvalue weighted by molar-refractivity contribution is -0.114. The van der Waals surface area contributed by atoms with E-state index in [0.29, 0.717) is 0 Å². The topological polar surface area (TPSA) is 17.1 Å². The molecule has 1 nitrogen and oxygen atoms in total. The van der Waals surface area contributed by atoms with Crippen LogP contribution in [0.1, 0.15) is 136 Å². The molecule has 0 heterocycles. The van der Waals surface area contributed by atoms with Crippen LogP contribution in [0.15, 0.2) is 0 Å². The fraction of sp³-hybridized carbons (Fsp3) is 0.957. The number of unbranched alkanes of at least 4 members (excludes halogenated alkanes) is 15. The van der Waals surface area contributed by atoms with Crippen molar-refractivity contribution in [3.63, 3.8) is 0 Å². The molecule has 0 amide bonds. The zero-order valence-corrected chi connectivity index (χ0v) is 18.3. The molecule has 0 N–H and O–H groups in total. The number of thiol groups is 1. The quantitative estimate of drug-likeness (QED) is 0.168. The predicted octanol–water partition coefficient (Wildman–Crippen LogP) is 8.51. The van der Waals surface area contributed by atoms with Crippen LogP contribution in [-0.2, 0) is 4.79 Å². The molecule has 0 aromatic rings. The van der Waals surface area contributed by atoms with Crippen molar-refractivity contribution in [1.29, 1.82) is 0 Å². The van der Waals surface area contributed by atoms with Crippen LogP contribution in [0.5, 0.6) is 0 Å². The van der Waals surface area contributed by atoms with Gasteiger partial charge in [0, 0.05) is 5.92 Å². The average Bonchev–Trinajstić information content (AvgIpc) is 2.60. The monoisotopic (exact) mass is 370 g/mol. The maximum absolute atomic E-state index is 11.7. The summed E-state index contributed by atoms with van der Waals surface area (Å²) < 4.78 is 0. The van der Waals surface area contributed by atoms with Gasteiger partial charge in [-0.3, -0.25) is 4.79 Å². The average molecular weight is 371 g/mol. The lowest BCUT2D eigenvalue weighted by Gasteiger charge is -2.13. The largest absolute Gasteiger partial charge is 0.287 e. The summed E-state index contributed by atoms with van der Waals surface area (Å²) in [6.45, 7) is 4.53. The first-order valence-corrected chi connectivity index (χ1v) is 11.9. The van der Waals surface area contributed by atoms with E-state index in [4.69, 9.17) is 0 Å². The SMILES string of the molecule is CCCCCCCCCCCCC(CCCCCCCCC)C(=O)S. The van der Waals surface area contributed by atoms with Crippen molar-refractivity contribution in [2.24, 2.45) is 5.92 Å². The van der Waals surface area contributed by atoms with Crippen molar-refractivity contribution in [1.82, 2.24) is 0 Å². The maximum Gasteiger partial charge on any atom is 0.188 e. The van der Waals surface area contributed by atoms with Gasteiger partial charge in [-0.15, -0.1) is 12.6 Å². The van der Waals surface area contributed by atoms with Gasteiger partial charge in [0.05, 0.1) is 0 Å². The summed E-state index contributed by atoms with van der Waals surface area (Å²) in [6.07, 6.45) is 25.0. The van der Waals surface area contributed by atoms with Crippen LogP contribution in [-0.4, -0.2) is 5.12 Å². The van der Waals surface area contributed by atoms with Crippen LogP contribution in [0, 0.1) is 5.92 Å². The molecule has 0 aromatic heterocycles. The van der Waals surface area contributed by atoms with Gasteiger partial charge in [0.1, 0.15) is 0 Å². The first-order valence-electron chi connectivity index (χ1n) is 11.4. The fourth-order valence-corrected chi connectivity index (χ4v) is 3.88. The molecule has 25 heavy (non-hydrogen) atoms. The Balaban J connectivity index is 3.46. The second-order valence-electron chi connectivity index (χ2n) is 7.92. The molecule has 0 aliphatic carbocycles. The van der Waals surface area contributed by atoms with E-state index in [9.17, 15) is 4.79 Å². The van der Waals surface area contributed by atoms with E-state index in [-0.39, 0.29) is 11.0 Å². The van der Waals surface area contributed by atoms with Crippen LogP contribution in [0.25, 0.3) is 0 Å². The minimum absolute atomic E-state index is 0.127. The molecular formula is C23H46OS. The second-order valence-corrected chi connectivity index (χ2v) is 8.36. The molecule has 150 valence electrons. The molecule has 0 saturated heterocycles. The van der Waals surface area contributed by atoms with E-state index >= 15 is 0 Å². The van der Waals surface area contributed by atoms with Crippen molar-refractivity contribution < 1.29 is 4.79 Å². The lowest BCUT2D eigenvalue weighted by atomic mass is 9.95. The second kappa shape index (κ2) is 20.3. The molecule has 0 bridgehead atoms. The van der Waals surface area contributed by atoms with E-state index in [0.717, 1.165) is 12.8 Å². The maximum atomic E-state index is 11.7. The molecule has 2 heteroatoms. The van der Waals surface area contributed by atoms with Crippen molar-refractivity contribution >= 4 is 17.7 Å². The molecule has 1 unspecified atom stereocenters. The first kappa shape index (κ1) is 25.0. The highest BCUT2D eigenvalue weighted by atomic mass is 32.1. The summed E-state index contributed by atoms with van der Waals surface area (Å²) in [5.74, 6) is 0.216. The van der Waals surface area contributed by atoms with Gasteiger partial charge < -0.3 is 0 Å². The number of hydrogen-bond acceptors (Lipinski definition) is 1. The normalized spacial score (nSPS) is 12.4. The molecule has 0 fully saturated rings. The van der Waals surface area contributed by atoms with Crippen molar-refractivity contribution in [2.45, 2.75) is 136 Å². The Labute approximate surface area is 164 Å². The van der Waals surface area contributed by atoms with E-state index in [2.05, 4.69) is 26.5 Å². The minimum Gasteiger partial charge on any atom is -0.287 e. The summed E-state index contributed by atoms with van der Waals surface area (Å²) in [6, 6.07) is 0. The lowest BCUT2D eigenvalue weighted by Crippen LogP contribution is -2.09. The van der Waals surface area contributed by atoms with Crippen molar-refractivity contribution in [3.05, 3.63) is 0 Å². The fourth-order valence-electron chi connectivity index (χ4n) is 3.62. The van der Waals surface area contributed by atoms with Gasteiger partial charge in [0.15, 0.2) is 5.12 Å². The summed E-state index contributed by atoms with van der Waals surface area (Å²) >= 11 is 4.12. The minimum atomic E-state index is 0.127. The van der Waals surface area contributed by atoms with Gasteiger partial charge in [-0.2, -0.15) is 0 Å². The van der Waals surface area contributed by atoms with Crippen LogP contribution in [0.3, 0.4) is 0 Å². The Bertz CT molecular complexity index is 277. The van der Waals surface area contributed by atoms with Crippen LogP contribution < -0.4 is 0 Å². The Morgan fingerprint density at radius 3 is 1.12 bits per heavy atom. The number of rotatable bonds is 20. The zero-order chi connectivity index (χ0) is 18.6. The Morgan fingerprint density at radius 1 is 0.560 bits per heavy atom. The highest BCUT2D eigenvalue weighted by molar-refractivity contribution is 7.96. The van der Waals surface area contributed by atoms with Crippen molar-refractivity contribution in [2.75, 3.05) is 0 Å². The third kappa shape index (κ3) is 18.6. The third-order valence-electron chi connectivity index (χ3n) is 5.41. The number of hydrogen-bond donors (Lipinski definition) is 1. The Hall–Kier alpha value is 0.0200. The van der Waals surface area contributed by atoms with Gasteiger partial charge >= 0.3 is 0 Å². The molecule has 0 aliphatic rings. The van der Waals surface area contributed by atoms with Crippen molar-refractivity contribution in [3.8, 4) is 0 Å².